The Kier molecular flexibility index (Phi) is 11.7. The van der Waals surface area contributed by atoms with Crippen LogP contribution in [0.15, 0.2) is 0 Å². The molecule has 4 heteroatoms. The van der Waals surface area contributed by atoms with Gasteiger partial charge in [0.15, 0.2) is 0 Å². The van der Waals surface area contributed by atoms with Crippen molar-refractivity contribution in [1.29, 1.82) is 0 Å². The molecule has 2 saturated carbocycles. The molecule has 2 N–H and O–H groups in total. The molecular weight excluding hydrogens is 296 g/mol. The maximum atomic E-state index is 4.82. The van der Waals surface area contributed by atoms with Crippen LogP contribution in [0.4, 0.5) is 0 Å². The quantitative estimate of drug-likeness (QED) is 0.503. The van der Waals surface area contributed by atoms with Gasteiger partial charge >= 0.3 is 0 Å². The fourth-order valence-corrected chi connectivity index (χ4v) is 3.67. The third-order valence-electron chi connectivity index (χ3n) is 4.65. The van der Waals surface area contributed by atoms with Crippen LogP contribution in [-0.2, 0) is 0 Å². The van der Waals surface area contributed by atoms with Crippen molar-refractivity contribution in [1.82, 2.24) is 10.6 Å². The van der Waals surface area contributed by atoms with E-state index in [2.05, 4.69) is 30.2 Å². The first-order chi connectivity index (χ1) is 10.2. The molecule has 0 aromatic rings. The first-order valence-corrected chi connectivity index (χ1v) is 9.78. The Morgan fingerprint density at radius 3 is 2.10 bits per heavy atom. The molecule has 2 fully saturated rings. The highest BCUT2D eigenvalue weighted by molar-refractivity contribution is 8.11. The standard InChI is InChI=1S/C9H17NS2.C8H17N/c11-9(12)10-7-6-8-4-2-1-3-5-8;1-2-9-8-6-4-3-5-7-8/h8H,1-7H2,(H2,10,11,12);8-9H,2-7H2,1H3. The number of nitrogens with one attached hydrogen (secondary N) is 2. The molecule has 0 saturated heterocycles. The van der Waals surface area contributed by atoms with Gasteiger partial charge in [-0.25, -0.2) is 0 Å². The van der Waals surface area contributed by atoms with Crippen molar-refractivity contribution in [3.63, 3.8) is 0 Å². The molecule has 0 atom stereocenters. The van der Waals surface area contributed by atoms with Crippen molar-refractivity contribution in [2.45, 2.75) is 83.6 Å². The average Bonchev–Trinajstić information content (AvgIpc) is 2.50. The summed E-state index contributed by atoms with van der Waals surface area (Å²) < 4.78 is 0.630. The summed E-state index contributed by atoms with van der Waals surface area (Å²) in [4.78, 5) is 0. The highest BCUT2D eigenvalue weighted by Crippen LogP contribution is 2.25. The molecule has 2 aliphatic rings. The van der Waals surface area contributed by atoms with Crippen molar-refractivity contribution >= 4 is 29.2 Å². The van der Waals surface area contributed by atoms with Gasteiger partial charge in [-0.3, -0.25) is 0 Å². The average molecular weight is 331 g/mol. The van der Waals surface area contributed by atoms with Gasteiger partial charge in [-0.05, 0) is 31.7 Å². The summed E-state index contributed by atoms with van der Waals surface area (Å²) in [5.74, 6) is 0.939. The maximum absolute atomic E-state index is 4.82. The fourth-order valence-electron chi connectivity index (χ4n) is 3.45. The van der Waals surface area contributed by atoms with E-state index in [9.17, 15) is 0 Å². The number of hydrogen-bond donors (Lipinski definition) is 3. The predicted octanol–water partition coefficient (Wildman–Crippen LogP) is 4.69. The zero-order valence-electron chi connectivity index (χ0n) is 13.7. The molecule has 0 amide bonds. The molecule has 0 radical (unpaired) electrons. The van der Waals surface area contributed by atoms with Crippen LogP contribution in [0.2, 0.25) is 0 Å². The molecule has 0 aromatic heterocycles. The van der Waals surface area contributed by atoms with E-state index < -0.39 is 0 Å². The summed E-state index contributed by atoms with van der Waals surface area (Å²) in [6, 6.07) is 0.851. The van der Waals surface area contributed by atoms with E-state index in [1.807, 2.05) is 0 Å². The fraction of sp³-hybridized carbons (Fsp3) is 0.941. The summed E-state index contributed by atoms with van der Waals surface area (Å²) in [5.41, 5.74) is 0. The highest BCUT2D eigenvalue weighted by atomic mass is 32.1. The molecule has 21 heavy (non-hydrogen) atoms. The third kappa shape index (κ3) is 10.5. The van der Waals surface area contributed by atoms with E-state index in [4.69, 9.17) is 12.2 Å². The van der Waals surface area contributed by atoms with Crippen LogP contribution in [0.3, 0.4) is 0 Å². The normalized spacial score (nSPS) is 20.5. The van der Waals surface area contributed by atoms with Gasteiger partial charge in [0.2, 0.25) is 0 Å². The first kappa shape index (κ1) is 19.2. The van der Waals surface area contributed by atoms with E-state index >= 15 is 0 Å². The SMILES string of the molecule is CCNC1CCCCC1.S=C(S)NCCC1CCCCC1. The molecule has 0 spiro atoms. The minimum Gasteiger partial charge on any atom is -0.371 e. The largest absolute Gasteiger partial charge is 0.371 e. The van der Waals surface area contributed by atoms with Gasteiger partial charge in [0, 0.05) is 12.6 Å². The van der Waals surface area contributed by atoms with Crippen LogP contribution < -0.4 is 10.6 Å². The summed E-state index contributed by atoms with van der Waals surface area (Å²) in [5, 5.41) is 6.57. The van der Waals surface area contributed by atoms with Crippen LogP contribution in [0, 0.1) is 5.92 Å². The van der Waals surface area contributed by atoms with Crippen molar-refractivity contribution < 1.29 is 0 Å². The minimum absolute atomic E-state index is 0.630. The van der Waals surface area contributed by atoms with Gasteiger partial charge in [-0.2, -0.15) is 0 Å². The number of thiol groups is 1. The molecule has 0 bridgehead atoms. The summed E-state index contributed by atoms with van der Waals surface area (Å²) in [6.07, 6.45) is 15.6. The van der Waals surface area contributed by atoms with Crippen LogP contribution in [0.1, 0.15) is 77.6 Å². The van der Waals surface area contributed by atoms with Gasteiger partial charge in [0.25, 0.3) is 0 Å². The van der Waals surface area contributed by atoms with Gasteiger partial charge < -0.3 is 10.6 Å². The lowest BCUT2D eigenvalue weighted by molar-refractivity contribution is 0.340. The van der Waals surface area contributed by atoms with Crippen LogP contribution >= 0.6 is 24.8 Å². The molecule has 124 valence electrons. The molecule has 0 aromatic carbocycles. The zero-order chi connectivity index (χ0) is 15.3. The summed E-state index contributed by atoms with van der Waals surface area (Å²) >= 11 is 8.83. The summed E-state index contributed by atoms with van der Waals surface area (Å²) in [7, 11) is 0. The molecule has 0 unspecified atom stereocenters. The van der Waals surface area contributed by atoms with E-state index in [-0.39, 0.29) is 0 Å². The van der Waals surface area contributed by atoms with Crippen molar-refractivity contribution in [3.8, 4) is 0 Å². The second kappa shape index (κ2) is 12.7. The lowest BCUT2D eigenvalue weighted by Gasteiger charge is -2.21. The number of rotatable bonds is 5. The van der Waals surface area contributed by atoms with E-state index in [1.54, 1.807) is 0 Å². The minimum atomic E-state index is 0.630. The smallest absolute Gasteiger partial charge is 0.130 e. The summed E-state index contributed by atoms with van der Waals surface area (Å²) in [6.45, 7) is 4.34. The Labute approximate surface area is 142 Å². The maximum Gasteiger partial charge on any atom is 0.130 e. The molecule has 2 rings (SSSR count). The Hall–Kier alpha value is 0.200. The molecule has 2 nitrogen and oxygen atoms in total. The van der Waals surface area contributed by atoms with E-state index in [0.29, 0.717) is 4.32 Å². The Balaban J connectivity index is 0.000000219. The second-order valence-electron chi connectivity index (χ2n) is 6.42. The second-order valence-corrected chi connectivity index (χ2v) is 7.58. The highest BCUT2D eigenvalue weighted by Gasteiger charge is 2.12. The molecule has 0 aliphatic heterocycles. The Morgan fingerprint density at radius 2 is 1.57 bits per heavy atom. The molecular formula is C17H34N2S2. The van der Waals surface area contributed by atoms with Gasteiger partial charge in [-0.1, -0.05) is 70.5 Å². The topological polar surface area (TPSA) is 24.1 Å². The zero-order valence-corrected chi connectivity index (χ0v) is 15.4. The Bertz CT molecular complexity index is 257. The van der Waals surface area contributed by atoms with Crippen molar-refractivity contribution in [3.05, 3.63) is 0 Å². The van der Waals surface area contributed by atoms with Crippen LogP contribution in [0.25, 0.3) is 0 Å². The number of hydrogen-bond acceptors (Lipinski definition) is 2. The predicted molar refractivity (Wildman–Crippen MR) is 101 cm³/mol. The Morgan fingerprint density at radius 1 is 1.00 bits per heavy atom. The van der Waals surface area contributed by atoms with Gasteiger partial charge in [0.1, 0.15) is 4.32 Å². The van der Waals surface area contributed by atoms with E-state index in [1.165, 1.54) is 70.6 Å². The monoisotopic (exact) mass is 330 g/mol. The van der Waals surface area contributed by atoms with Crippen molar-refractivity contribution in [2.75, 3.05) is 13.1 Å². The molecule has 2 aliphatic carbocycles. The lowest BCUT2D eigenvalue weighted by Crippen LogP contribution is -2.30. The van der Waals surface area contributed by atoms with Crippen LogP contribution in [0.5, 0.6) is 0 Å². The van der Waals surface area contributed by atoms with Gasteiger partial charge in [0.05, 0.1) is 0 Å². The van der Waals surface area contributed by atoms with Crippen LogP contribution in [-0.4, -0.2) is 23.5 Å². The first-order valence-electron chi connectivity index (χ1n) is 8.92. The van der Waals surface area contributed by atoms with Crippen molar-refractivity contribution in [2.24, 2.45) is 5.92 Å². The third-order valence-corrected chi connectivity index (χ3v) is 4.95. The molecule has 0 heterocycles. The lowest BCUT2D eigenvalue weighted by atomic mass is 9.87. The van der Waals surface area contributed by atoms with E-state index in [0.717, 1.165) is 25.0 Å². The number of thiocarbonyl (C=S) groups is 1. The van der Waals surface area contributed by atoms with Gasteiger partial charge in [-0.15, -0.1) is 12.6 Å².